The number of hydrogen-bond donors (Lipinski definition) is 0. The van der Waals surface area contributed by atoms with Gasteiger partial charge in [0, 0.05) is 62.1 Å². The highest BCUT2D eigenvalue weighted by atomic mass is 127. The van der Waals surface area contributed by atoms with Crippen molar-refractivity contribution < 1.29 is 25.6 Å². The molecule has 0 fully saturated rings. The summed E-state index contributed by atoms with van der Waals surface area (Å²) in [6.45, 7) is 77.4. The predicted molar refractivity (Wildman–Crippen MR) is 326 cm³/mol. The summed E-state index contributed by atoms with van der Waals surface area (Å²) in [5.41, 5.74) is 45.1. The van der Waals surface area contributed by atoms with Gasteiger partial charge in [0.2, 0.25) is 7.14 Å². The van der Waals surface area contributed by atoms with Crippen molar-refractivity contribution in [3.63, 3.8) is 0 Å². The summed E-state index contributed by atoms with van der Waals surface area (Å²) < 4.78 is 8.79. The van der Waals surface area contributed by atoms with Gasteiger partial charge >= 0.3 is 32.7 Å². The predicted octanol–water partition coefficient (Wildman–Crippen LogP) is 17.0. The molecule has 0 aliphatic carbocycles. The van der Waals surface area contributed by atoms with Crippen LogP contribution < -0.4 is 21.2 Å². The molecule has 1 heterocycles. The van der Waals surface area contributed by atoms with Crippen LogP contribution in [0.15, 0.2) is 4.42 Å². The minimum absolute atomic E-state index is 0.151. The first-order chi connectivity index (χ1) is 33.3. The maximum Gasteiger partial charge on any atom is 0.359 e. The second kappa shape index (κ2) is 24.6. The molecule has 0 amide bonds. The third-order valence-corrected chi connectivity index (χ3v) is 22.8. The Morgan fingerprint density at radius 2 is 0.356 bits per heavy atom. The lowest BCUT2D eigenvalue weighted by molar-refractivity contribution is -0.600. The number of benzene rings is 5. The van der Waals surface area contributed by atoms with Crippen LogP contribution in [-0.2, 0) is 0 Å². The molecular weight excluding hydrogens is 1010 g/mol. The van der Waals surface area contributed by atoms with Gasteiger partial charge in [-0.05, 0) is 333 Å². The first-order valence-corrected chi connectivity index (χ1v) is 32.7. The van der Waals surface area contributed by atoms with Crippen molar-refractivity contribution in [2.45, 2.75) is 214 Å². The summed E-state index contributed by atoms with van der Waals surface area (Å²) >= 11 is -0.151. The van der Waals surface area contributed by atoms with E-state index in [2.05, 4.69) is 221 Å². The summed E-state index contributed by atoms with van der Waals surface area (Å²) in [5, 5.41) is 0. The van der Waals surface area contributed by atoms with Crippen LogP contribution in [0.3, 0.4) is 0 Å². The van der Waals surface area contributed by atoms with Crippen LogP contribution in [-0.4, -0.2) is 26.7 Å². The Balaban J connectivity index is 0.000000307. The van der Waals surface area contributed by atoms with Gasteiger partial charge in [0.25, 0.3) is 0 Å². The third-order valence-electron chi connectivity index (χ3n) is 18.5. The van der Waals surface area contributed by atoms with E-state index in [-0.39, 0.29) is 34.4 Å². The Morgan fingerprint density at radius 3 is 0.534 bits per heavy atom. The Morgan fingerprint density at radius 1 is 0.219 bits per heavy atom. The fourth-order valence-electron chi connectivity index (χ4n) is 10.8. The molecule has 398 valence electrons. The monoisotopic (exact) mass is 1120 g/mol. The molecule has 0 aliphatic rings. The lowest BCUT2D eigenvalue weighted by Gasteiger charge is -2.34. The summed E-state index contributed by atoms with van der Waals surface area (Å²) in [5.74, 6) is 2.30. The number of halogens is 1. The van der Waals surface area contributed by atoms with Gasteiger partial charge < -0.3 is 0 Å². The average Bonchev–Trinajstić information content (AvgIpc) is 3.33. The quantitative estimate of drug-likeness (QED) is 0.0725. The molecule has 0 saturated carbocycles. The van der Waals surface area contributed by atoms with E-state index in [1.54, 1.807) is 7.14 Å². The molecule has 3 heteroatoms. The van der Waals surface area contributed by atoms with Gasteiger partial charge in [0.15, 0.2) is 0 Å². The number of hydrogen-bond acceptors (Lipinski definition) is 0. The zero-order valence-corrected chi connectivity index (χ0v) is 56.4. The molecule has 0 aliphatic heterocycles. The van der Waals surface area contributed by atoms with Gasteiger partial charge in [-0.25, -0.2) is 4.42 Å². The van der Waals surface area contributed by atoms with Crippen LogP contribution in [0.2, 0.25) is 0 Å². The average molecular weight is 1120 g/mol. The fraction of sp³-hybridized carbons (Fsp3) is 0.500. The first-order valence-electron chi connectivity index (χ1n) is 26.9. The molecule has 0 bridgehead atoms. The van der Waals surface area contributed by atoms with Crippen molar-refractivity contribution in [3.8, 4) is 0 Å². The largest absolute Gasteiger partial charge is 0.359 e. The minimum atomic E-state index is -0.389. The summed E-state index contributed by atoms with van der Waals surface area (Å²) in [6.07, 6.45) is 0. The van der Waals surface area contributed by atoms with E-state index >= 15 is 0 Å². The zero-order chi connectivity index (χ0) is 56.7. The second-order valence-corrected chi connectivity index (χ2v) is 31.9. The first kappa shape index (κ1) is 63.7. The molecule has 6 rings (SSSR count). The van der Waals surface area contributed by atoms with Crippen molar-refractivity contribution in [2.24, 2.45) is 0 Å². The van der Waals surface area contributed by atoms with Crippen LogP contribution in [0.25, 0.3) is 0 Å². The Hall–Kier alpha value is -3.59. The summed E-state index contributed by atoms with van der Waals surface area (Å²) in [4.78, 5) is 0. The highest BCUT2D eigenvalue weighted by Gasteiger charge is 2.33. The van der Waals surface area contributed by atoms with Crippen molar-refractivity contribution in [1.82, 2.24) is 0 Å². The summed E-state index contributed by atoms with van der Waals surface area (Å²) in [6, 6.07) is 0. The molecule has 73 heavy (non-hydrogen) atoms. The summed E-state index contributed by atoms with van der Waals surface area (Å²) in [7, 11) is -0.389. The van der Waals surface area contributed by atoms with Gasteiger partial charge in [-0.3, -0.25) is 0 Å². The maximum atomic E-state index is 5.52. The molecule has 0 N–H and O–H groups in total. The minimum Gasteiger partial charge on any atom is -0.218 e. The molecule has 1 nitrogen and oxygen atoms in total. The van der Waals surface area contributed by atoms with E-state index in [0.717, 1.165) is 11.5 Å². The van der Waals surface area contributed by atoms with Crippen LogP contribution in [0.5, 0.6) is 0 Å². The maximum absolute atomic E-state index is 5.52. The highest BCUT2D eigenvalue weighted by molar-refractivity contribution is 7.73. The Kier molecular flexibility index (Phi) is 21.5. The van der Waals surface area contributed by atoms with Gasteiger partial charge in [-0.15, -0.1) is 0 Å². The Labute approximate surface area is 461 Å². The smallest absolute Gasteiger partial charge is 0.218 e. The lowest BCUT2D eigenvalue weighted by atomic mass is 9.70. The molecule has 1 aromatic heterocycles. The molecular formula is C70H103IOP+3. The van der Waals surface area contributed by atoms with E-state index in [1.165, 1.54) is 172 Å². The number of aryl methyl sites for hydroxylation is 2. The number of rotatable bonds is 5. The van der Waals surface area contributed by atoms with Gasteiger partial charge in [0.05, 0.1) is 25.0 Å². The van der Waals surface area contributed by atoms with Crippen LogP contribution >= 0.6 is 7.26 Å². The standard InChI is InChI=1S/C34H46.C22H30I.C10H15O.C4H12P/c1-16-19(4)25(10)31(26(11)20(16)5)34(32-27(12)21(6)17(2)22(7)28(32)13)33-29(14)23(8)18(3)24(9)30(33)15;1-11-13(3)17(7)21(18(8)14(11)4)23-22-19(9)15(5)12(2)16(6)20(22)10;1-6-7(2)9(4)11-10(5)8(6)3;1-5(2,3)4/h34H,1-15H3;1-10H3;1-5H3;1-4H3/q;3*+1. The normalized spacial score (nSPS) is 11.3. The topological polar surface area (TPSA) is 11.3 Å². The lowest BCUT2D eigenvalue weighted by Crippen LogP contribution is -3.62. The SMILES string of the molecule is C[P+](C)(C)C.Cc1[o+]c(C)c(C)c(C)c1C.Cc1c(C)c(C)c(C(c2c(C)c(C)c(C)c(C)c2C)c2c(C)c(C)c(C)c(C)c2C)c(C)c1C.Cc1c(C)c(C)c([I+]c2c(C)c(C)c(C)c(C)c2C)c(C)c1C. The van der Waals surface area contributed by atoms with Crippen LogP contribution in [0.1, 0.15) is 190 Å². The molecule has 0 unspecified atom stereocenters. The van der Waals surface area contributed by atoms with Gasteiger partial charge in [-0.2, -0.15) is 0 Å². The third kappa shape index (κ3) is 13.0. The molecule has 5 aromatic carbocycles. The molecule has 0 spiro atoms. The van der Waals surface area contributed by atoms with Gasteiger partial charge in [-0.1, -0.05) is 0 Å². The van der Waals surface area contributed by atoms with E-state index in [4.69, 9.17) is 4.42 Å². The van der Waals surface area contributed by atoms with Crippen molar-refractivity contribution in [3.05, 3.63) is 191 Å². The zero-order valence-electron chi connectivity index (χ0n) is 53.3. The van der Waals surface area contributed by atoms with Gasteiger partial charge in [0.1, 0.15) is 0 Å². The second-order valence-electron chi connectivity index (χ2n) is 23.8. The van der Waals surface area contributed by atoms with E-state index in [0.29, 0.717) is 0 Å². The molecule has 0 saturated heterocycles. The highest BCUT2D eigenvalue weighted by Crippen LogP contribution is 2.47. The molecule has 6 aromatic rings. The van der Waals surface area contributed by atoms with Crippen molar-refractivity contribution >= 4 is 7.26 Å². The van der Waals surface area contributed by atoms with E-state index in [1.807, 2.05) is 13.8 Å². The fourth-order valence-corrected chi connectivity index (χ4v) is 14.6. The van der Waals surface area contributed by atoms with Crippen molar-refractivity contribution in [1.29, 1.82) is 0 Å². The van der Waals surface area contributed by atoms with Crippen LogP contribution in [0.4, 0.5) is 0 Å². The van der Waals surface area contributed by atoms with E-state index in [9.17, 15) is 0 Å². The van der Waals surface area contributed by atoms with E-state index < -0.39 is 0 Å². The van der Waals surface area contributed by atoms with Crippen LogP contribution in [0, 0.1) is 215 Å². The Bertz CT molecular complexity index is 2700. The molecule has 0 atom stereocenters. The molecule has 0 radical (unpaired) electrons. The van der Waals surface area contributed by atoms with Crippen molar-refractivity contribution in [2.75, 3.05) is 26.7 Å².